The first-order valence-electron chi connectivity index (χ1n) is 20.1. The highest BCUT2D eigenvalue weighted by Gasteiger charge is 2.71. The van der Waals surface area contributed by atoms with Crippen molar-refractivity contribution in [3.63, 3.8) is 0 Å². The van der Waals surface area contributed by atoms with Crippen LogP contribution in [0.25, 0.3) is 0 Å². The van der Waals surface area contributed by atoms with E-state index in [9.17, 15) is 27.6 Å². The first-order chi connectivity index (χ1) is 25.3. The van der Waals surface area contributed by atoms with Gasteiger partial charge >= 0.3 is 6.03 Å². The average Bonchev–Trinajstić information content (AvgIpc) is 3.72. The summed E-state index contributed by atoms with van der Waals surface area (Å²) in [5.41, 5.74) is -0.329. The lowest BCUT2D eigenvalue weighted by molar-refractivity contribution is -0.145. The van der Waals surface area contributed by atoms with Gasteiger partial charge in [0.05, 0.1) is 15.5 Å². The molecule has 54 heavy (non-hydrogen) atoms. The number of sulfone groups is 1. The smallest absolute Gasteiger partial charge is 0.315 e. The third-order valence-corrected chi connectivity index (χ3v) is 17.1. The highest BCUT2D eigenvalue weighted by atomic mass is 32.2. The molecule has 1 heterocycles. The van der Waals surface area contributed by atoms with E-state index >= 15 is 4.79 Å². The summed E-state index contributed by atoms with van der Waals surface area (Å²) in [5, 5.41) is 10.9. The third-order valence-electron chi connectivity index (χ3n) is 14.0. The number of likely N-dealkylation sites (N-methyl/N-ethyl adjacent to an activating group) is 1. The maximum absolute atomic E-state index is 15.0. The third kappa shape index (κ3) is 6.84. The number of Topliss-reactive ketones (excluding diaryl/α,β-unsaturated/α-hetero) is 1. The second kappa shape index (κ2) is 14.2. The molecule has 1 aliphatic heterocycles. The lowest BCUT2D eigenvalue weighted by Gasteiger charge is -2.44. The van der Waals surface area contributed by atoms with Crippen LogP contribution in [-0.4, -0.2) is 89.1 Å². The Morgan fingerprint density at radius 2 is 1.56 bits per heavy atom. The minimum atomic E-state index is -3.66. The molecule has 3 saturated carbocycles. The number of likely N-dealkylation sites (tertiary alicyclic amines) is 1. The molecule has 4 fully saturated rings. The van der Waals surface area contributed by atoms with E-state index in [-0.39, 0.29) is 41.5 Å². The molecule has 0 spiro atoms. The molecule has 4 N–H and O–H groups in total. The summed E-state index contributed by atoms with van der Waals surface area (Å²) in [4.78, 5) is 71.5. The predicted molar refractivity (Wildman–Crippen MR) is 206 cm³/mol. The molecule has 0 radical (unpaired) electrons. The summed E-state index contributed by atoms with van der Waals surface area (Å²) in [5.74, 6) is -2.79. The first kappa shape index (κ1) is 40.2. The number of ketones is 1. The number of hydrogen-bond donors (Lipinski definition) is 4. The Labute approximate surface area is 321 Å². The summed E-state index contributed by atoms with van der Waals surface area (Å²) in [6, 6.07) is 5.49. The van der Waals surface area contributed by atoms with Gasteiger partial charge in [-0.15, -0.1) is 0 Å². The van der Waals surface area contributed by atoms with Gasteiger partial charge < -0.3 is 26.2 Å². The molecule has 0 aromatic heterocycles. The van der Waals surface area contributed by atoms with Crippen LogP contribution in [0.5, 0.6) is 0 Å². The lowest BCUT2D eigenvalue weighted by Crippen LogP contribution is -2.65. The number of urea groups is 1. The van der Waals surface area contributed by atoms with Gasteiger partial charge in [0.25, 0.3) is 5.91 Å². The zero-order chi connectivity index (χ0) is 39.6. The number of benzene rings is 1. The van der Waals surface area contributed by atoms with Crippen molar-refractivity contribution in [1.82, 2.24) is 26.2 Å². The van der Waals surface area contributed by atoms with E-state index in [4.69, 9.17) is 0 Å². The number of hydrogen-bond acceptors (Lipinski definition) is 7. The van der Waals surface area contributed by atoms with Crippen molar-refractivity contribution in [2.45, 2.75) is 146 Å². The normalized spacial score (nSPS) is 29.2. The molecular formula is C41H61N5O7S. The average molecular weight is 768 g/mol. The molecule has 1 aromatic rings. The fraction of sp³-hybridized carbons (Fsp3) is 0.732. The molecule has 298 valence electrons. The standard InChI is InChI=1S/C41H61N5O7S/c1-9-28-22-41(28,33(47)35(49)42-10-2)44-34(48)32-30-29(39(30,7)8)23-46(32)36(50)31(27-20-25-16-12-13-17-26(25)21-27)43-37(51)45-40(18-14-11-15-19-40)24(3)54(52,53)38(4,5)6/h12-13,16-17,24,27-32H,9-11,14-15,18-23H2,1-8H3,(H,42,49)(H,44,48)(H2,43,45,51)/t24-,28?,29+,30+,31+,32+,41-/m1/s1. The van der Waals surface area contributed by atoms with E-state index in [0.717, 1.165) is 30.4 Å². The fourth-order valence-corrected chi connectivity index (χ4v) is 12.2. The molecule has 5 aliphatic rings. The number of nitrogens with zero attached hydrogens (tertiary/aromatic N) is 1. The van der Waals surface area contributed by atoms with Crippen LogP contribution in [0, 0.1) is 29.1 Å². The number of piperidine rings is 1. The van der Waals surface area contributed by atoms with Crippen molar-refractivity contribution in [3.05, 3.63) is 35.4 Å². The van der Waals surface area contributed by atoms with E-state index in [1.807, 2.05) is 31.2 Å². The molecule has 12 nitrogen and oxygen atoms in total. The number of fused-ring (bicyclic) bond motifs is 2. The molecule has 4 aliphatic carbocycles. The number of carbonyl (C=O) groups excluding carboxylic acids is 5. The summed E-state index contributed by atoms with van der Waals surface area (Å²) in [6.45, 7) is 15.2. The van der Waals surface area contributed by atoms with Crippen LogP contribution in [0.1, 0.15) is 111 Å². The second-order valence-electron chi connectivity index (χ2n) is 18.4. The van der Waals surface area contributed by atoms with Gasteiger partial charge in [0.2, 0.25) is 17.6 Å². The highest BCUT2D eigenvalue weighted by molar-refractivity contribution is 7.93. The Morgan fingerprint density at radius 3 is 2.09 bits per heavy atom. The van der Waals surface area contributed by atoms with Crippen LogP contribution in [0.3, 0.4) is 0 Å². The minimum Gasteiger partial charge on any atom is -0.350 e. The Morgan fingerprint density at radius 1 is 0.944 bits per heavy atom. The van der Waals surface area contributed by atoms with E-state index in [1.54, 1.807) is 39.5 Å². The molecule has 1 saturated heterocycles. The van der Waals surface area contributed by atoms with Crippen LogP contribution >= 0.6 is 0 Å². The largest absolute Gasteiger partial charge is 0.350 e. The predicted octanol–water partition coefficient (Wildman–Crippen LogP) is 3.85. The van der Waals surface area contributed by atoms with E-state index in [2.05, 4.69) is 35.1 Å². The molecule has 6 rings (SSSR count). The number of nitrogens with one attached hydrogen (secondary N) is 4. The molecule has 13 heteroatoms. The number of rotatable bonds is 12. The van der Waals surface area contributed by atoms with Crippen molar-refractivity contribution in [1.29, 1.82) is 0 Å². The minimum absolute atomic E-state index is 0.0534. The Kier molecular flexibility index (Phi) is 10.6. The monoisotopic (exact) mass is 767 g/mol. The Hall–Kier alpha value is -3.48. The quantitative estimate of drug-likeness (QED) is 0.234. The van der Waals surface area contributed by atoms with Crippen molar-refractivity contribution in [2.75, 3.05) is 13.1 Å². The zero-order valence-electron chi connectivity index (χ0n) is 33.3. The van der Waals surface area contributed by atoms with E-state index in [1.165, 1.54) is 0 Å². The number of amides is 5. The molecule has 1 unspecified atom stereocenters. The van der Waals surface area contributed by atoms with Crippen LogP contribution < -0.4 is 21.3 Å². The van der Waals surface area contributed by atoms with Gasteiger partial charge in [-0.05, 0) is 107 Å². The van der Waals surface area contributed by atoms with Gasteiger partial charge in [-0.1, -0.05) is 70.7 Å². The molecule has 1 aromatic carbocycles. The van der Waals surface area contributed by atoms with Gasteiger partial charge in [0.15, 0.2) is 9.84 Å². The lowest BCUT2D eigenvalue weighted by atomic mass is 9.79. The Balaban J connectivity index is 1.29. The van der Waals surface area contributed by atoms with Crippen molar-refractivity contribution >= 4 is 39.4 Å². The van der Waals surface area contributed by atoms with E-state index in [0.29, 0.717) is 45.1 Å². The van der Waals surface area contributed by atoms with Gasteiger partial charge in [-0.25, -0.2) is 13.2 Å². The van der Waals surface area contributed by atoms with Crippen LogP contribution in [0.2, 0.25) is 0 Å². The second-order valence-corrected chi connectivity index (χ2v) is 21.4. The molecule has 7 atom stereocenters. The SMILES string of the molecule is CCNC(=O)C(=O)[C@@]1(NC(=O)[C@@H]2[C@@H]3[C@H](CN2C(=O)[C@@H](NC(=O)NC2([C@@H](C)S(=O)(=O)C(C)(C)C)CCCCC2)C2Cc4ccccc4C2)C3(C)C)CC1CC. The summed E-state index contributed by atoms with van der Waals surface area (Å²) in [7, 11) is -3.66. The van der Waals surface area contributed by atoms with Crippen LogP contribution in [0.4, 0.5) is 4.79 Å². The van der Waals surface area contributed by atoms with Crippen molar-refractivity contribution in [3.8, 4) is 0 Å². The van der Waals surface area contributed by atoms with E-state index < -0.39 is 66.6 Å². The molecule has 5 amide bonds. The summed E-state index contributed by atoms with van der Waals surface area (Å²) >= 11 is 0. The summed E-state index contributed by atoms with van der Waals surface area (Å²) in [6.07, 6.45) is 5.58. The molecule has 0 bridgehead atoms. The first-order valence-corrected chi connectivity index (χ1v) is 21.6. The maximum atomic E-state index is 15.0. The van der Waals surface area contributed by atoms with Crippen molar-refractivity contribution in [2.24, 2.45) is 29.1 Å². The molecular weight excluding hydrogens is 707 g/mol. The summed E-state index contributed by atoms with van der Waals surface area (Å²) < 4.78 is 26.6. The van der Waals surface area contributed by atoms with Gasteiger partial charge in [-0.2, -0.15) is 0 Å². The van der Waals surface area contributed by atoms with Gasteiger partial charge in [-0.3, -0.25) is 19.2 Å². The fourth-order valence-electron chi connectivity index (χ4n) is 10.3. The van der Waals surface area contributed by atoms with Gasteiger partial charge in [0.1, 0.15) is 17.6 Å². The van der Waals surface area contributed by atoms with Crippen LogP contribution in [0.15, 0.2) is 24.3 Å². The van der Waals surface area contributed by atoms with Crippen molar-refractivity contribution < 1.29 is 32.4 Å². The topological polar surface area (TPSA) is 171 Å². The Bertz CT molecular complexity index is 1770. The highest BCUT2D eigenvalue weighted by Crippen LogP contribution is 2.65. The van der Waals surface area contributed by atoms with Crippen LogP contribution in [-0.2, 0) is 41.9 Å². The van der Waals surface area contributed by atoms with Gasteiger partial charge in [0, 0.05) is 13.1 Å². The number of carbonyl (C=O) groups is 5. The zero-order valence-corrected chi connectivity index (χ0v) is 34.2. The maximum Gasteiger partial charge on any atom is 0.315 e.